The van der Waals surface area contributed by atoms with Crippen molar-refractivity contribution in [3.05, 3.63) is 29.8 Å². The first-order valence-corrected chi connectivity index (χ1v) is 7.04. The molecule has 20 heavy (non-hydrogen) atoms. The van der Waals surface area contributed by atoms with Gasteiger partial charge in [0.25, 0.3) is 0 Å². The smallest absolute Gasteiger partial charge is 0.122 e. The quantitative estimate of drug-likeness (QED) is 0.536. The van der Waals surface area contributed by atoms with Crippen molar-refractivity contribution in [2.45, 2.75) is 19.4 Å². The maximum Gasteiger partial charge on any atom is 0.122 e. The molecule has 1 aromatic rings. The molecule has 1 aromatic carbocycles. The molecule has 1 aliphatic rings. The Morgan fingerprint density at radius 1 is 1.45 bits per heavy atom. The minimum Gasteiger partial charge on any atom is -0.492 e. The van der Waals surface area contributed by atoms with Gasteiger partial charge in [0.1, 0.15) is 18.2 Å². The summed E-state index contributed by atoms with van der Waals surface area (Å²) in [6.45, 7) is 4.85. The fourth-order valence-electron chi connectivity index (χ4n) is 2.67. The standard InChI is InChI=1S/C15H23N3O2/c1-11-6-7-18(14(11)10-19)8-9-20-13-4-2-12(3-5-13)15(16)17/h2-5,11,14,19H,6-10H2,1H3,(H3,16,17). The second-order valence-electron chi connectivity index (χ2n) is 5.34. The first-order valence-electron chi connectivity index (χ1n) is 7.04. The van der Waals surface area contributed by atoms with Crippen molar-refractivity contribution >= 4 is 5.84 Å². The minimum atomic E-state index is 0.0633. The van der Waals surface area contributed by atoms with E-state index in [9.17, 15) is 5.11 Å². The molecule has 1 aliphatic heterocycles. The number of nitrogens with zero attached hydrogens (tertiary/aromatic N) is 1. The van der Waals surface area contributed by atoms with Gasteiger partial charge in [0, 0.05) is 18.2 Å². The summed E-state index contributed by atoms with van der Waals surface area (Å²) in [6.07, 6.45) is 1.14. The van der Waals surface area contributed by atoms with Crippen molar-refractivity contribution in [3.63, 3.8) is 0 Å². The lowest BCUT2D eigenvalue weighted by Gasteiger charge is -2.24. The Balaban J connectivity index is 1.79. The van der Waals surface area contributed by atoms with E-state index in [2.05, 4.69) is 11.8 Å². The number of hydrogen-bond acceptors (Lipinski definition) is 4. The Labute approximate surface area is 119 Å². The summed E-state index contributed by atoms with van der Waals surface area (Å²) in [5.41, 5.74) is 6.10. The van der Waals surface area contributed by atoms with E-state index in [1.807, 2.05) is 12.1 Å². The molecule has 5 nitrogen and oxygen atoms in total. The maximum absolute atomic E-state index is 9.39. The van der Waals surface area contributed by atoms with Gasteiger partial charge in [0.05, 0.1) is 6.61 Å². The summed E-state index contributed by atoms with van der Waals surface area (Å²) >= 11 is 0. The van der Waals surface area contributed by atoms with E-state index in [4.69, 9.17) is 15.9 Å². The van der Waals surface area contributed by atoms with Crippen molar-refractivity contribution in [2.75, 3.05) is 26.3 Å². The van der Waals surface area contributed by atoms with E-state index in [0.29, 0.717) is 18.1 Å². The highest BCUT2D eigenvalue weighted by molar-refractivity contribution is 5.94. The van der Waals surface area contributed by atoms with Gasteiger partial charge in [-0.3, -0.25) is 10.3 Å². The molecule has 0 radical (unpaired) electrons. The predicted molar refractivity (Wildman–Crippen MR) is 79.2 cm³/mol. The second-order valence-corrected chi connectivity index (χ2v) is 5.34. The summed E-state index contributed by atoms with van der Waals surface area (Å²) in [6, 6.07) is 7.48. The highest BCUT2D eigenvalue weighted by Gasteiger charge is 2.29. The molecule has 110 valence electrons. The molecule has 2 atom stereocenters. The maximum atomic E-state index is 9.39. The number of nitrogens with one attached hydrogen (secondary N) is 1. The number of amidine groups is 1. The first kappa shape index (κ1) is 14.8. The zero-order chi connectivity index (χ0) is 14.5. The predicted octanol–water partition coefficient (Wildman–Crippen LogP) is 1.05. The summed E-state index contributed by atoms with van der Waals surface area (Å²) in [4.78, 5) is 2.29. The SMILES string of the molecule is CC1CCN(CCOc2ccc(C(=N)N)cc2)C1CO. The van der Waals surface area contributed by atoms with Crippen molar-refractivity contribution in [3.8, 4) is 5.75 Å². The highest BCUT2D eigenvalue weighted by atomic mass is 16.5. The molecule has 2 rings (SSSR count). The van der Waals surface area contributed by atoms with E-state index in [1.165, 1.54) is 0 Å². The topological polar surface area (TPSA) is 82.6 Å². The number of ether oxygens (including phenoxy) is 1. The number of nitrogen functional groups attached to an aromatic ring is 1. The molecule has 1 fully saturated rings. The third-order valence-corrected chi connectivity index (χ3v) is 4.00. The molecule has 0 amide bonds. The van der Waals surface area contributed by atoms with Crippen LogP contribution in [0.15, 0.2) is 24.3 Å². The molecular formula is C15H23N3O2. The van der Waals surface area contributed by atoms with Gasteiger partial charge >= 0.3 is 0 Å². The van der Waals surface area contributed by atoms with Crippen LogP contribution in [0.3, 0.4) is 0 Å². The van der Waals surface area contributed by atoms with Crippen LogP contribution in [0.2, 0.25) is 0 Å². The van der Waals surface area contributed by atoms with E-state index >= 15 is 0 Å². The number of hydrogen-bond donors (Lipinski definition) is 3. The molecule has 0 saturated carbocycles. The number of aliphatic hydroxyl groups excluding tert-OH is 1. The number of aliphatic hydroxyl groups is 1. The molecule has 0 bridgehead atoms. The first-order chi connectivity index (χ1) is 9.61. The van der Waals surface area contributed by atoms with Crippen molar-refractivity contribution in [1.82, 2.24) is 4.90 Å². The Hall–Kier alpha value is -1.59. The summed E-state index contributed by atoms with van der Waals surface area (Å²) < 4.78 is 5.70. The fraction of sp³-hybridized carbons (Fsp3) is 0.533. The lowest BCUT2D eigenvalue weighted by Crippen LogP contribution is -2.37. The van der Waals surface area contributed by atoms with Crippen LogP contribution in [-0.2, 0) is 0 Å². The van der Waals surface area contributed by atoms with Crippen LogP contribution >= 0.6 is 0 Å². The third-order valence-electron chi connectivity index (χ3n) is 4.00. The van der Waals surface area contributed by atoms with E-state index in [0.717, 1.165) is 25.3 Å². The van der Waals surface area contributed by atoms with Gasteiger partial charge in [0.15, 0.2) is 0 Å². The highest BCUT2D eigenvalue weighted by Crippen LogP contribution is 2.23. The second kappa shape index (κ2) is 6.72. The van der Waals surface area contributed by atoms with Crippen molar-refractivity contribution < 1.29 is 9.84 Å². The van der Waals surface area contributed by atoms with Gasteiger partial charge in [-0.1, -0.05) is 6.92 Å². The van der Waals surface area contributed by atoms with Gasteiger partial charge < -0.3 is 15.6 Å². The van der Waals surface area contributed by atoms with Crippen LogP contribution < -0.4 is 10.5 Å². The molecule has 1 saturated heterocycles. The molecule has 0 spiro atoms. The van der Waals surface area contributed by atoms with E-state index < -0.39 is 0 Å². The van der Waals surface area contributed by atoms with Crippen LogP contribution in [0.1, 0.15) is 18.9 Å². The van der Waals surface area contributed by atoms with E-state index in [1.54, 1.807) is 12.1 Å². The van der Waals surface area contributed by atoms with Gasteiger partial charge in [-0.2, -0.15) is 0 Å². The Kier molecular flexibility index (Phi) is 4.98. The number of likely N-dealkylation sites (tertiary alicyclic amines) is 1. The van der Waals surface area contributed by atoms with Crippen LogP contribution in [0.25, 0.3) is 0 Å². The molecule has 1 heterocycles. The lowest BCUT2D eigenvalue weighted by molar-refractivity contribution is 0.123. The van der Waals surface area contributed by atoms with Gasteiger partial charge in [-0.25, -0.2) is 0 Å². The van der Waals surface area contributed by atoms with Gasteiger partial charge in [-0.05, 0) is 43.1 Å². The Morgan fingerprint density at radius 2 is 2.15 bits per heavy atom. The number of benzene rings is 1. The molecule has 4 N–H and O–H groups in total. The third kappa shape index (κ3) is 3.49. The average Bonchev–Trinajstić information content (AvgIpc) is 2.80. The molecule has 0 aromatic heterocycles. The molecule has 5 heteroatoms. The normalized spacial score (nSPS) is 22.9. The summed E-state index contributed by atoms with van der Waals surface area (Å²) in [7, 11) is 0. The minimum absolute atomic E-state index is 0.0633. The summed E-state index contributed by atoms with van der Waals surface area (Å²) in [5, 5.41) is 16.7. The monoisotopic (exact) mass is 277 g/mol. The van der Waals surface area contributed by atoms with Gasteiger partial charge in [-0.15, -0.1) is 0 Å². The van der Waals surface area contributed by atoms with Crippen LogP contribution in [0, 0.1) is 11.3 Å². The lowest BCUT2D eigenvalue weighted by atomic mass is 10.0. The molecular weight excluding hydrogens is 254 g/mol. The molecule has 2 unspecified atom stereocenters. The largest absolute Gasteiger partial charge is 0.492 e. The zero-order valence-corrected chi connectivity index (χ0v) is 11.9. The van der Waals surface area contributed by atoms with Crippen LogP contribution in [0.5, 0.6) is 5.75 Å². The number of nitrogens with two attached hydrogens (primary N) is 1. The van der Waals surface area contributed by atoms with Crippen LogP contribution in [-0.4, -0.2) is 48.2 Å². The number of rotatable bonds is 6. The summed E-state index contributed by atoms with van der Waals surface area (Å²) in [5.74, 6) is 1.39. The van der Waals surface area contributed by atoms with Crippen LogP contribution in [0.4, 0.5) is 0 Å². The van der Waals surface area contributed by atoms with E-state index in [-0.39, 0.29) is 18.5 Å². The fourth-order valence-corrected chi connectivity index (χ4v) is 2.67. The zero-order valence-electron chi connectivity index (χ0n) is 11.9. The molecule has 0 aliphatic carbocycles. The average molecular weight is 277 g/mol. The van der Waals surface area contributed by atoms with Crippen molar-refractivity contribution in [2.24, 2.45) is 11.7 Å². The van der Waals surface area contributed by atoms with Crippen molar-refractivity contribution in [1.29, 1.82) is 5.41 Å². The Bertz CT molecular complexity index is 447. The Morgan fingerprint density at radius 3 is 2.75 bits per heavy atom. The van der Waals surface area contributed by atoms with Gasteiger partial charge in [0.2, 0.25) is 0 Å².